The molecule has 1 aliphatic rings. The fourth-order valence-electron chi connectivity index (χ4n) is 3.95. The van der Waals surface area contributed by atoms with Gasteiger partial charge in [0.1, 0.15) is 17.3 Å². The second-order valence-electron chi connectivity index (χ2n) is 8.34. The van der Waals surface area contributed by atoms with E-state index in [1.807, 2.05) is 32.0 Å². The Labute approximate surface area is 168 Å². The van der Waals surface area contributed by atoms with E-state index < -0.39 is 0 Å². The summed E-state index contributed by atoms with van der Waals surface area (Å²) in [7, 11) is 1.67. The zero-order chi connectivity index (χ0) is 20.3. The van der Waals surface area contributed by atoms with Gasteiger partial charge in [-0.2, -0.15) is 0 Å². The van der Waals surface area contributed by atoms with Gasteiger partial charge in [-0.3, -0.25) is 9.69 Å². The van der Waals surface area contributed by atoms with E-state index in [0.717, 1.165) is 60.8 Å². The first-order valence-corrected chi connectivity index (χ1v) is 10.2. The highest BCUT2D eigenvalue weighted by molar-refractivity contribution is 5.81. The Kier molecular flexibility index (Phi) is 6.55. The van der Waals surface area contributed by atoms with E-state index in [9.17, 15) is 4.79 Å². The van der Waals surface area contributed by atoms with Crippen LogP contribution in [0.1, 0.15) is 50.1 Å². The number of carbonyl (C=O) groups excluding carboxylic acids is 1. The van der Waals surface area contributed by atoms with Gasteiger partial charge < -0.3 is 9.15 Å². The maximum Gasteiger partial charge on any atom is 0.226 e. The number of aryl methyl sites for hydroxylation is 2. The number of hydrogen-bond acceptors (Lipinski definition) is 5. The Bertz CT molecular complexity index is 825. The number of oxazole rings is 1. The lowest BCUT2D eigenvalue weighted by molar-refractivity contribution is -0.125. The number of likely N-dealkylation sites (tertiary alicyclic amines) is 1. The van der Waals surface area contributed by atoms with E-state index in [2.05, 4.69) is 18.7 Å². The van der Waals surface area contributed by atoms with E-state index in [1.54, 1.807) is 7.11 Å². The van der Waals surface area contributed by atoms with Crippen LogP contribution >= 0.6 is 0 Å². The van der Waals surface area contributed by atoms with Gasteiger partial charge in [0.2, 0.25) is 5.89 Å². The largest absolute Gasteiger partial charge is 0.496 e. The van der Waals surface area contributed by atoms with Crippen LogP contribution in [-0.2, 0) is 11.3 Å². The van der Waals surface area contributed by atoms with Gasteiger partial charge in [0, 0.05) is 31.0 Å². The van der Waals surface area contributed by atoms with Crippen LogP contribution in [0.3, 0.4) is 0 Å². The molecule has 1 aliphatic heterocycles. The van der Waals surface area contributed by atoms with Crippen molar-refractivity contribution in [2.45, 2.75) is 53.5 Å². The highest BCUT2D eigenvalue weighted by Gasteiger charge is 2.27. The quantitative estimate of drug-likeness (QED) is 0.687. The molecule has 5 heteroatoms. The number of nitrogens with zero attached hydrogens (tertiary/aromatic N) is 2. The molecule has 0 aliphatic carbocycles. The van der Waals surface area contributed by atoms with Crippen LogP contribution in [0, 0.1) is 25.7 Å². The summed E-state index contributed by atoms with van der Waals surface area (Å²) in [5.74, 6) is 3.34. The van der Waals surface area contributed by atoms with E-state index >= 15 is 0 Å². The molecule has 1 fully saturated rings. The van der Waals surface area contributed by atoms with Crippen LogP contribution in [0.2, 0.25) is 0 Å². The number of carbonyl (C=O) groups is 1. The molecular formula is C23H32N2O3. The lowest BCUT2D eigenvalue weighted by Gasteiger charge is -2.31. The summed E-state index contributed by atoms with van der Waals surface area (Å²) in [5, 5.41) is 0. The van der Waals surface area contributed by atoms with Crippen LogP contribution in [-0.4, -0.2) is 35.9 Å². The minimum absolute atomic E-state index is 0.159. The fourth-order valence-corrected chi connectivity index (χ4v) is 3.95. The number of piperidine rings is 1. The van der Waals surface area contributed by atoms with Gasteiger partial charge in [0.15, 0.2) is 0 Å². The lowest BCUT2D eigenvalue weighted by Crippen LogP contribution is -2.38. The van der Waals surface area contributed by atoms with Crippen molar-refractivity contribution in [2.75, 3.05) is 20.2 Å². The van der Waals surface area contributed by atoms with Crippen molar-refractivity contribution in [3.8, 4) is 17.2 Å². The van der Waals surface area contributed by atoms with Gasteiger partial charge in [-0.1, -0.05) is 13.8 Å². The van der Waals surface area contributed by atoms with Gasteiger partial charge in [0.05, 0.1) is 12.8 Å². The molecule has 2 aromatic rings. The molecule has 0 amide bonds. The molecular weight excluding hydrogens is 352 g/mol. The molecule has 1 atom stereocenters. The minimum atomic E-state index is 0.159. The first-order chi connectivity index (χ1) is 13.4. The fraction of sp³-hybridized carbons (Fsp3) is 0.565. The van der Waals surface area contributed by atoms with Crippen LogP contribution in [0.4, 0.5) is 0 Å². The summed E-state index contributed by atoms with van der Waals surface area (Å²) in [6, 6.07) is 5.96. The molecule has 0 saturated carbocycles. The monoisotopic (exact) mass is 384 g/mol. The SMILES string of the molecule is COc1ccc(-c2nc(CN3CCCC(C(=O)CC(C)C)C3)c(C)o2)cc1C. The molecule has 0 spiro atoms. The molecule has 0 bridgehead atoms. The van der Waals surface area contributed by atoms with Gasteiger partial charge in [-0.15, -0.1) is 0 Å². The second kappa shape index (κ2) is 8.91. The maximum absolute atomic E-state index is 12.5. The Morgan fingerprint density at radius 1 is 1.36 bits per heavy atom. The number of aromatic nitrogens is 1. The maximum atomic E-state index is 12.5. The summed E-state index contributed by atoms with van der Waals surface area (Å²) < 4.78 is 11.3. The van der Waals surface area contributed by atoms with Gasteiger partial charge >= 0.3 is 0 Å². The molecule has 0 N–H and O–H groups in total. The summed E-state index contributed by atoms with van der Waals surface area (Å²) in [6.07, 6.45) is 2.76. The first kappa shape index (κ1) is 20.6. The third kappa shape index (κ3) is 4.82. The van der Waals surface area contributed by atoms with Gasteiger partial charge in [-0.05, 0) is 62.9 Å². The number of ketones is 1. The molecule has 3 rings (SSSR count). The number of hydrogen-bond donors (Lipinski definition) is 0. The Hall–Kier alpha value is -2.14. The van der Waals surface area contributed by atoms with Crippen LogP contribution in [0.5, 0.6) is 5.75 Å². The normalized spacial score (nSPS) is 17.9. The smallest absolute Gasteiger partial charge is 0.226 e. The van der Waals surface area contributed by atoms with Crippen molar-refractivity contribution in [3.05, 3.63) is 35.2 Å². The summed E-state index contributed by atoms with van der Waals surface area (Å²) >= 11 is 0. The van der Waals surface area contributed by atoms with Crippen molar-refractivity contribution in [2.24, 2.45) is 11.8 Å². The van der Waals surface area contributed by atoms with Gasteiger partial charge in [0.25, 0.3) is 0 Å². The molecule has 1 saturated heterocycles. The van der Waals surface area contributed by atoms with Crippen molar-refractivity contribution in [3.63, 3.8) is 0 Å². The highest BCUT2D eigenvalue weighted by atomic mass is 16.5. The molecule has 152 valence electrons. The Morgan fingerprint density at radius 3 is 2.82 bits per heavy atom. The van der Waals surface area contributed by atoms with E-state index in [1.165, 1.54) is 0 Å². The Morgan fingerprint density at radius 2 is 2.14 bits per heavy atom. The van der Waals surface area contributed by atoms with Crippen LogP contribution in [0.25, 0.3) is 11.5 Å². The third-order valence-electron chi connectivity index (χ3n) is 5.48. The number of rotatable bonds is 7. The van der Waals surface area contributed by atoms with Gasteiger partial charge in [-0.25, -0.2) is 4.98 Å². The summed E-state index contributed by atoms with van der Waals surface area (Å²) in [6.45, 7) is 10.8. The minimum Gasteiger partial charge on any atom is -0.496 e. The predicted octanol–water partition coefficient (Wildman–Crippen LogP) is 4.79. The molecule has 0 radical (unpaired) electrons. The molecule has 1 aromatic carbocycles. The van der Waals surface area contributed by atoms with E-state index in [-0.39, 0.29) is 5.92 Å². The summed E-state index contributed by atoms with van der Waals surface area (Å²) in [5.41, 5.74) is 2.97. The lowest BCUT2D eigenvalue weighted by atomic mass is 9.89. The number of ether oxygens (including phenoxy) is 1. The molecule has 1 unspecified atom stereocenters. The van der Waals surface area contributed by atoms with E-state index in [0.29, 0.717) is 24.0 Å². The summed E-state index contributed by atoms with van der Waals surface area (Å²) in [4.78, 5) is 19.6. The Balaban J connectivity index is 1.70. The number of benzene rings is 1. The molecule has 1 aromatic heterocycles. The predicted molar refractivity (Wildman–Crippen MR) is 110 cm³/mol. The molecule has 2 heterocycles. The average molecular weight is 385 g/mol. The standard InChI is InChI=1S/C23H32N2O3/c1-15(2)11-21(26)19-7-6-10-25(13-19)14-20-17(4)28-23(24-20)18-8-9-22(27-5)16(3)12-18/h8-9,12,15,19H,6-7,10-11,13-14H2,1-5H3. The van der Waals surface area contributed by atoms with Crippen molar-refractivity contribution < 1.29 is 13.9 Å². The topological polar surface area (TPSA) is 55.6 Å². The van der Waals surface area contributed by atoms with E-state index in [4.69, 9.17) is 14.1 Å². The van der Waals surface area contributed by atoms with Crippen LogP contribution in [0.15, 0.2) is 22.6 Å². The van der Waals surface area contributed by atoms with Crippen LogP contribution < -0.4 is 4.74 Å². The third-order valence-corrected chi connectivity index (χ3v) is 5.48. The zero-order valence-electron chi connectivity index (χ0n) is 17.7. The number of methoxy groups -OCH3 is 1. The molecule has 28 heavy (non-hydrogen) atoms. The number of Topliss-reactive ketones (excluding diaryl/α,β-unsaturated/α-hetero) is 1. The highest BCUT2D eigenvalue weighted by Crippen LogP contribution is 2.28. The first-order valence-electron chi connectivity index (χ1n) is 10.2. The zero-order valence-corrected chi connectivity index (χ0v) is 17.7. The van der Waals surface area contributed by atoms with Crippen molar-refractivity contribution >= 4 is 5.78 Å². The van der Waals surface area contributed by atoms with Crippen molar-refractivity contribution in [1.82, 2.24) is 9.88 Å². The second-order valence-corrected chi connectivity index (χ2v) is 8.34. The average Bonchev–Trinajstić information content (AvgIpc) is 3.02. The van der Waals surface area contributed by atoms with Crippen molar-refractivity contribution in [1.29, 1.82) is 0 Å². The molecule has 5 nitrogen and oxygen atoms in total.